The lowest BCUT2D eigenvalue weighted by Gasteiger charge is -2.05. The van der Waals surface area contributed by atoms with Gasteiger partial charge in [0.15, 0.2) is 0 Å². The maximum atomic E-state index is 11.0. The van der Waals surface area contributed by atoms with Crippen LogP contribution in [-0.2, 0) is 17.3 Å². The van der Waals surface area contributed by atoms with Gasteiger partial charge in [0.1, 0.15) is 0 Å². The van der Waals surface area contributed by atoms with Gasteiger partial charge in [-0.1, -0.05) is 6.07 Å². The lowest BCUT2D eigenvalue weighted by Crippen LogP contribution is -2.06. The van der Waals surface area contributed by atoms with Crippen molar-refractivity contribution in [3.05, 3.63) is 23.8 Å². The van der Waals surface area contributed by atoms with Crippen molar-refractivity contribution in [2.45, 2.75) is 19.9 Å². The highest BCUT2D eigenvalue weighted by atomic mass is 32.2. The van der Waals surface area contributed by atoms with Gasteiger partial charge in [0, 0.05) is 29.4 Å². The van der Waals surface area contributed by atoms with E-state index in [0.29, 0.717) is 11.7 Å². The van der Waals surface area contributed by atoms with Crippen LogP contribution in [0.15, 0.2) is 18.2 Å². The van der Waals surface area contributed by atoms with E-state index < -0.39 is 10.8 Å². The molecule has 2 N–H and O–H groups in total. The Balaban J connectivity index is 2.28. The highest BCUT2D eigenvalue weighted by molar-refractivity contribution is 7.84. The van der Waals surface area contributed by atoms with Crippen LogP contribution >= 0.6 is 0 Å². The van der Waals surface area contributed by atoms with E-state index in [2.05, 4.69) is 11.1 Å². The normalized spacial score (nSPS) is 13.1. The summed E-state index contributed by atoms with van der Waals surface area (Å²) in [4.78, 5) is 4.32. The smallest absolute Gasteiger partial charge is 0.201 e. The zero-order chi connectivity index (χ0) is 12.4. The van der Waals surface area contributed by atoms with Crippen molar-refractivity contribution in [2.75, 3.05) is 17.7 Å². The number of rotatable bonds is 4. The van der Waals surface area contributed by atoms with Crippen molar-refractivity contribution in [1.82, 2.24) is 9.55 Å². The molecule has 0 amide bonds. The van der Waals surface area contributed by atoms with Gasteiger partial charge in [0.25, 0.3) is 0 Å². The molecule has 0 saturated heterocycles. The van der Waals surface area contributed by atoms with Crippen molar-refractivity contribution in [2.24, 2.45) is 0 Å². The monoisotopic (exact) mass is 251 g/mol. The molecule has 0 aliphatic heterocycles. The summed E-state index contributed by atoms with van der Waals surface area (Å²) in [5.41, 5.74) is 9.07. The first-order chi connectivity index (χ1) is 8.08. The minimum Gasteiger partial charge on any atom is -0.369 e. The number of aryl methyl sites for hydroxylation is 2. The molecule has 92 valence electrons. The zero-order valence-corrected chi connectivity index (χ0v) is 11.0. The molecule has 1 aromatic heterocycles. The van der Waals surface area contributed by atoms with Crippen LogP contribution in [0.5, 0.6) is 0 Å². The molecule has 2 aromatic rings. The van der Waals surface area contributed by atoms with Crippen LogP contribution in [0.4, 0.5) is 5.95 Å². The highest BCUT2D eigenvalue weighted by Crippen LogP contribution is 2.19. The third kappa shape index (κ3) is 2.66. The average molecular weight is 251 g/mol. The molecule has 0 aliphatic rings. The van der Waals surface area contributed by atoms with E-state index in [1.807, 2.05) is 23.6 Å². The first kappa shape index (κ1) is 12.1. The number of hydrogen-bond donors (Lipinski definition) is 1. The maximum Gasteiger partial charge on any atom is 0.201 e. The molecule has 0 saturated carbocycles. The summed E-state index contributed by atoms with van der Waals surface area (Å²) < 4.78 is 13.0. The van der Waals surface area contributed by atoms with Crippen LogP contribution in [-0.4, -0.2) is 25.8 Å². The number of nitrogens with zero attached hydrogens (tertiary/aromatic N) is 2. The van der Waals surface area contributed by atoms with Crippen LogP contribution in [0.3, 0.4) is 0 Å². The molecular weight excluding hydrogens is 234 g/mol. The standard InChI is InChI=1S/C12H17N3OS/c1-9-4-5-10-11(8-9)15(12(13)14-10)6-3-7-17(2)16/h4-5,8H,3,6-7H2,1-2H3,(H2,13,14). The van der Waals surface area contributed by atoms with Gasteiger partial charge < -0.3 is 10.3 Å². The number of fused-ring (bicyclic) bond motifs is 1. The molecule has 17 heavy (non-hydrogen) atoms. The number of imidazole rings is 1. The number of nitrogen functional groups attached to an aromatic ring is 1. The lowest BCUT2D eigenvalue weighted by atomic mass is 10.2. The van der Waals surface area contributed by atoms with Crippen LogP contribution in [0, 0.1) is 6.92 Å². The van der Waals surface area contributed by atoms with Gasteiger partial charge >= 0.3 is 0 Å². The average Bonchev–Trinajstić information content (AvgIpc) is 2.55. The Kier molecular flexibility index (Phi) is 3.47. The molecule has 5 heteroatoms. The summed E-state index contributed by atoms with van der Waals surface area (Å²) in [6.45, 7) is 2.82. The van der Waals surface area contributed by atoms with E-state index in [4.69, 9.17) is 5.73 Å². The van der Waals surface area contributed by atoms with Crippen LogP contribution in [0.1, 0.15) is 12.0 Å². The van der Waals surface area contributed by atoms with E-state index in [1.54, 1.807) is 6.26 Å². The molecule has 1 atom stereocenters. The fraction of sp³-hybridized carbons (Fsp3) is 0.417. The molecule has 0 fully saturated rings. The number of anilines is 1. The molecule has 0 radical (unpaired) electrons. The van der Waals surface area contributed by atoms with Crippen LogP contribution < -0.4 is 5.73 Å². The quantitative estimate of drug-likeness (QED) is 0.899. The minimum atomic E-state index is -0.746. The highest BCUT2D eigenvalue weighted by Gasteiger charge is 2.07. The predicted octanol–water partition coefficient (Wildman–Crippen LogP) is 1.70. The van der Waals surface area contributed by atoms with E-state index in [1.165, 1.54) is 5.56 Å². The molecule has 0 bridgehead atoms. The maximum absolute atomic E-state index is 11.0. The molecule has 0 aliphatic carbocycles. The minimum absolute atomic E-state index is 0.535. The molecule has 1 heterocycles. The Bertz CT molecular complexity index is 562. The van der Waals surface area contributed by atoms with Crippen molar-refractivity contribution in [3.8, 4) is 0 Å². The summed E-state index contributed by atoms with van der Waals surface area (Å²) in [7, 11) is -0.746. The third-order valence-corrected chi connectivity index (χ3v) is 3.61. The Labute approximate surface area is 103 Å². The second-order valence-electron chi connectivity index (χ2n) is 4.24. The van der Waals surface area contributed by atoms with E-state index >= 15 is 0 Å². The zero-order valence-electron chi connectivity index (χ0n) is 10.1. The topological polar surface area (TPSA) is 60.9 Å². The Morgan fingerprint density at radius 2 is 2.24 bits per heavy atom. The molecule has 1 unspecified atom stereocenters. The van der Waals surface area contributed by atoms with Gasteiger partial charge in [0.05, 0.1) is 11.0 Å². The van der Waals surface area contributed by atoms with Crippen LogP contribution in [0.2, 0.25) is 0 Å². The summed E-state index contributed by atoms with van der Waals surface area (Å²) in [5.74, 6) is 1.23. The van der Waals surface area contributed by atoms with Crippen molar-refractivity contribution in [1.29, 1.82) is 0 Å². The van der Waals surface area contributed by atoms with E-state index in [9.17, 15) is 4.21 Å². The molecule has 4 nitrogen and oxygen atoms in total. The fourth-order valence-electron chi connectivity index (χ4n) is 1.91. The number of aromatic nitrogens is 2. The van der Waals surface area contributed by atoms with E-state index in [0.717, 1.165) is 24.0 Å². The third-order valence-electron chi connectivity index (χ3n) is 2.75. The van der Waals surface area contributed by atoms with Crippen molar-refractivity contribution < 1.29 is 4.21 Å². The Morgan fingerprint density at radius 3 is 2.94 bits per heavy atom. The Morgan fingerprint density at radius 1 is 1.47 bits per heavy atom. The second-order valence-corrected chi connectivity index (χ2v) is 5.80. The fourth-order valence-corrected chi connectivity index (χ4v) is 2.45. The van der Waals surface area contributed by atoms with Gasteiger partial charge in [-0.15, -0.1) is 0 Å². The second kappa shape index (κ2) is 4.87. The number of hydrogen-bond acceptors (Lipinski definition) is 3. The first-order valence-electron chi connectivity index (χ1n) is 5.60. The molecule has 0 spiro atoms. The van der Waals surface area contributed by atoms with E-state index in [-0.39, 0.29) is 0 Å². The lowest BCUT2D eigenvalue weighted by molar-refractivity contribution is 0.671. The summed E-state index contributed by atoms with van der Waals surface area (Å²) in [6.07, 6.45) is 2.58. The predicted molar refractivity (Wildman–Crippen MR) is 72.4 cm³/mol. The first-order valence-corrected chi connectivity index (χ1v) is 7.33. The van der Waals surface area contributed by atoms with Gasteiger partial charge in [-0.3, -0.25) is 4.21 Å². The largest absolute Gasteiger partial charge is 0.369 e. The van der Waals surface area contributed by atoms with Crippen LogP contribution in [0.25, 0.3) is 11.0 Å². The van der Waals surface area contributed by atoms with Gasteiger partial charge in [-0.2, -0.15) is 0 Å². The summed E-state index contributed by atoms with van der Waals surface area (Å²) in [6, 6.07) is 6.09. The Hall–Kier alpha value is -1.36. The molecule has 1 aromatic carbocycles. The molecule has 2 rings (SSSR count). The van der Waals surface area contributed by atoms with Gasteiger partial charge in [-0.25, -0.2) is 4.98 Å². The molecular formula is C12H17N3OS. The van der Waals surface area contributed by atoms with Crippen molar-refractivity contribution in [3.63, 3.8) is 0 Å². The number of benzene rings is 1. The summed E-state index contributed by atoms with van der Waals surface area (Å²) >= 11 is 0. The number of nitrogens with two attached hydrogens (primary N) is 1. The SMILES string of the molecule is Cc1ccc2nc(N)n(CCCS(C)=O)c2c1. The van der Waals surface area contributed by atoms with Gasteiger partial charge in [-0.05, 0) is 31.0 Å². The summed E-state index contributed by atoms with van der Waals surface area (Å²) in [5, 5.41) is 0. The van der Waals surface area contributed by atoms with Crippen molar-refractivity contribution >= 4 is 27.8 Å². The van der Waals surface area contributed by atoms with Gasteiger partial charge in [0.2, 0.25) is 5.95 Å².